The van der Waals surface area contributed by atoms with Gasteiger partial charge in [0, 0.05) is 12.1 Å². The van der Waals surface area contributed by atoms with Gasteiger partial charge in [-0.15, -0.1) is 0 Å². The molecule has 1 heterocycles. The Kier molecular flexibility index (Phi) is 3.50. The summed E-state index contributed by atoms with van der Waals surface area (Å²) >= 11 is 0. The number of anilines is 1. The van der Waals surface area contributed by atoms with Gasteiger partial charge in [0.2, 0.25) is 0 Å². The molecule has 5 heteroatoms. The predicted octanol–water partition coefficient (Wildman–Crippen LogP) is 2.67. The molecule has 0 aliphatic rings. The fraction of sp³-hybridized carbons (Fsp3) is 0.385. The zero-order chi connectivity index (χ0) is 13.1. The summed E-state index contributed by atoms with van der Waals surface area (Å²) in [4.78, 5) is 15.3. The number of aryl methyl sites for hydroxylation is 1. The van der Waals surface area contributed by atoms with Gasteiger partial charge in [-0.25, -0.2) is 9.78 Å². The second kappa shape index (κ2) is 5.08. The van der Waals surface area contributed by atoms with Crippen molar-refractivity contribution in [2.45, 2.75) is 32.7 Å². The van der Waals surface area contributed by atoms with E-state index in [-0.39, 0.29) is 0 Å². The van der Waals surface area contributed by atoms with Crippen LogP contribution in [0.4, 0.5) is 5.69 Å². The number of oxazole rings is 1. The summed E-state index contributed by atoms with van der Waals surface area (Å²) < 4.78 is 5.50. The minimum Gasteiger partial charge on any atom is -0.480 e. The molecule has 96 valence electrons. The Morgan fingerprint density at radius 1 is 1.50 bits per heavy atom. The van der Waals surface area contributed by atoms with Crippen LogP contribution in [0.3, 0.4) is 0 Å². The first-order valence-corrected chi connectivity index (χ1v) is 6.02. The molecular formula is C13H16N2O3. The number of hydrogen-bond donors (Lipinski definition) is 2. The van der Waals surface area contributed by atoms with Crippen molar-refractivity contribution in [3.63, 3.8) is 0 Å². The Morgan fingerprint density at radius 3 is 2.89 bits per heavy atom. The molecule has 2 rings (SSSR count). The zero-order valence-electron chi connectivity index (χ0n) is 10.4. The van der Waals surface area contributed by atoms with E-state index in [0.29, 0.717) is 12.3 Å². The molecule has 0 saturated heterocycles. The highest BCUT2D eigenvalue weighted by Crippen LogP contribution is 2.21. The Hall–Kier alpha value is -2.04. The summed E-state index contributed by atoms with van der Waals surface area (Å²) in [5, 5.41) is 12.0. The number of carboxylic acid groups (broad SMARTS) is 1. The molecule has 5 nitrogen and oxygen atoms in total. The maximum absolute atomic E-state index is 11.0. The molecule has 1 atom stereocenters. The standard InChI is InChI=1S/C13H16N2O3/c1-3-9(13(16)17)14-8-5-6-11-10(7-8)15-12(4-2)18-11/h5-7,9,14H,3-4H2,1-2H3,(H,16,17). The van der Waals surface area contributed by atoms with Gasteiger partial charge in [0.05, 0.1) is 0 Å². The normalized spacial score (nSPS) is 12.6. The van der Waals surface area contributed by atoms with Gasteiger partial charge in [-0.1, -0.05) is 13.8 Å². The van der Waals surface area contributed by atoms with Crippen molar-refractivity contribution in [1.82, 2.24) is 4.98 Å². The van der Waals surface area contributed by atoms with E-state index >= 15 is 0 Å². The second-order valence-corrected chi connectivity index (χ2v) is 4.09. The largest absolute Gasteiger partial charge is 0.480 e. The number of nitrogens with zero attached hydrogens (tertiary/aromatic N) is 1. The van der Waals surface area contributed by atoms with Crippen molar-refractivity contribution < 1.29 is 14.3 Å². The SMILES string of the molecule is CCc1nc2cc(NC(CC)C(=O)O)ccc2o1. The molecule has 18 heavy (non-hydrogen) atoms. The van der Waals surface area contributed by atoms with E-state index in [9.17, 15) is 4.79 Å². The van der Waals surface area contributed by atoms with Crippen molar-refractivity contribution in [3.8, 4) is 0 Å². The number of aliphatic carboxylic acids is 1. The lowest BCUT2D eigenvalue weighted by atomic mass is 10.2. The Labute approximate surface area is 105 Å². The van der Waals surface area contributed by atoms with Gasteiger partial charge in [0.25, 0.3) is 0 Å². The van der Waals surface area contributed by atoms with E-state index in [1.54, 1.807) is 12.1 Å². The van der Waals surface area contributed by atoms with E-state index in [2.05, 4.69) is 10.3 Å². The summed E-state index contributed by atoms with van der Waals surface area (Å²) in [6.07, 6.45) is 1.26. The average molecular weight is 248 g/mol. The Morgan fingerprint density at radius 2 is 2.28 bits per heavy atom. The van der Waals surface area contributed by atoms with Crippen LogP contribution >= 0.6 is 0 Å². The average Bonchev–Trinajstić information content (AvgIpc) is 2.77. The van der Waals surface area contributed by atoms with Gasteiger partial charge >= 0.3 is 5.97 Å². The van der Waals surface area contributed by atoms with Gasteiger partial charge in [-0.3, -0.25) is 0 Å². The first-order valence-electron chi connectivity index (χ1n) is 6.02. The molecule has 1 unspecified atom stereocenters. The van der Waals surface area contributed by atoms with Crippen molar-refractivity contribution in [1.29, 1.82) is 0 Å². The highest BCUT2D eigenvalue weighted by molar-refractivity contribution is 5.81. The van der Waals surface area contributed by atoms with Crippen LogP contribution in [0.2, 0.25) is 0 Å². The van der Waals surface area contributed by atoms with Crippen LogP contribution in [0.25, 0.3) is 11.1 Å². The molecule has 0 fully saturated rings. The lowest BCUT2D eigenvalue weighted by molar-refractivity contribution is -0.137. The molecule has 0 radical (unpaired) electrons. The molecule has 0 spiro atoms. The van der Waals surface area contributed by atoms with Gasteiger partial charge in [-0.05, 0) is 24.6 Å². The van der Waals surface area contributed by atoms with Gasteiger partial charge in [0.1, 0.15) is 11.6 Å². The van der Waals surface area contributed by atoms with Gasteiger partial charge < -0.3 is 14.8 Å². The monoisotopic (exact) mass is 248 g/mol. The van der Waals surface area contributed by atoms with E-state index in [4.69, 9.17) is 9.52 Å². The zero-order valence-corrected chi connectivity index (χ0v) is 10.4. The molecule has 0 aliphatic heterocycles. The minimum atomic E-state index is -0.855. The highest BCUT2D eigenvalue weighted by atomic mass is 16.4. The summed E-state index contributed by atoms with van der Waals surface area (Å²) in [6.45, 7) is 3.80. The lowest BCUT2D eigenvalue weighted by Gasteiger charge is -2.13. The van der Waals surface area contributed by atoms with Crippen molar-refractivity contribution in [3.05, 3.63) is 24.1 Å². The molecule has 0 aliphatic carbocycles. The minimum absolute atomic E-state index is 0.520. The number of aromatic nitrogens is 1. The summed E-state index contributed by atoms with van der Waals surface area (Å²) in [5.41, 5.74) is 2.21. The number of hydrogen-bond acceptors (Lipinski definition) is 4. The molecule has 1 aromatic carbocycles. The summed E-state index contributed by atoms with van der Waals surface area (Å²) in [6, 6.07) is 4.83. The fourth-order valence-corrected chi connectivity index (χ4v) is 1.76. The van der Waals surface area contributed by atoms with Crippen LogP contribution in [-0.4, -0.2) is 22.1 Å². The van der Waals surface area contributed by atoms with Crippen LogP contribution < -0.4 is 5.32 Å². The fourth-order valence-electron chi connectivity index (χ4n) is 1.76. The van der Waals surface area contributed by atoms with E-state index in [1.807, 2.05) is 19.9 Å². The second-order valence-electron chi connectivity index (χ2n) is 4.09. The van der Waals surface area contributed by atoms with Crippen molar-refractivity contribution in [2.75, 3.05) is 5.32 Å². The smallest absolute Gasteiger partial charge is 0.326 e. The number of benzene rings is 1. The van der Waals surface area contributed by atoms with Crippen molar-refractivity contribution in [2.24, 2.45) is 0 Å². The number of fused-ring (bicyclic) bond motifs is 1. The molecule has 0 bridgehead atoms. The molecule has 2 aromatic rings. The predicted molar refractivity (Wildman–Crippen MR) is 68.7 cm³/mol. The Balaban J connectivity index is 2.26. The molecule has 2 N–H and O–H groups in total. The molecular weight excluding hydrogens is 232 g/mol. The van der Waals surface area contributed by atoms with Crippen LogP contribution in [-0.2, 0) is 11.2 Å². The van der Waals surface area contributed by atoms with Crippen LogP contribution in [0, 0.1) is 0 Å². The number of nitrogens with one attached hydrogen (secondary N) is 1. The third-order valence-corrected chi connectivity index (χ3v) is 2.78. The van der Waals surface area contributed by atoms with E-state index < -0.39 is 12.0 Å². The summed E-state index contributed by atoms with van der Waals surface area (Å²) in [7, 11) is 0. The van der Waals surface area contributed by atoms with Gasteiger partial charge in [0.15, 0.2) is 11.5 Å². The van der Waals surface area contributed by atoms with Crippen LogP contribution in [0.5, 0.6) is 0 Å². The van der Waals surface area contributed by atoms with E-state index in [0.717, 1.165) is 23.2 Å². The summed E-state index contributed by atoms with van der Waals surface area (Å²) in [5.74, 6) is -0.167. The molecule has 0 saturated carbocycles. The molecule has 1 aromatic heterocycles. The molecule has 0 amide bonds. The highest BCUT2D eigenvalue weighted by Gasteiger charge is 2.15. The topological polar surface area (TPSA) is 75.4 Å². The maximum Gasteiger partial charge on any atom is 0.326 e. The maximum atomic E-state index is 11.0. The van der Waals surface area contributed by atoms with Gasteiger partial charge in [-0.2, -0.15) is 0 Å². The number of rotatable bonds is 5. The first-order chi connectivity index (χ1) is 8.63. The van der Waals surface area contributed by atoms with Crippen LogP contribution in [0.1, 0.15) is 26.2 Å². The lowest BCUT2D eigenvalue weighted by Crippen LogP contribution is -2.28. The first kappa shape index (κ1) is 12.4. The van der Waals surface area contributed by atoms with Crippen molar-refractivity contribution >= 4 is 22.8 Å². The van der Waals surface area contributed by atoms with Crippen LogP contribution in [0.15, 0.2) is 22.6 Å². The quantitative estimate of drug-likeness (QED) is 0.850. The number of carbonyl (C=O) groups is 1. The Bertz CT molecular complexity index is 562. The third kappa shape index (κ3) is 2.45. The van der Waals surface area contributed by atoms with E-state index in [1.165, 1.54) is 0 Å². The third-order valence-electron chi connectivity index (χ3n) is 2.78. The number of carboxylic acids is 1.